The van der Waals surface area contributed by atoms with Crippen LogP contribution in [-0.2, 0) is 16.1 Å². The van der Waals surface area contributed by atoms with E-state index in [-0.39, 0.29) is 11.8 Å². The van der Waals surface area contributed by atoms with E-state index < -0.39 is 11.9 Å². The third kappa shape index (κ3) is 2.38. The summed E-state index contributed by atoms with van der Waals surface area (Å²) in [6.07, 6.45) is 0.456. The van der Waals surface area contributed by atoms with Crippen LogP contribution in [0.25, 0.3) is 0 Å². The maximum absolute atomic E-state index is 11.5. The van der Waals surface area contributed by atoms with E-state index in [4.69, 9.17) is 5.11 Å². The Bertz CT molecular complexity index is 429. The van der Waals surface area contributed by atoms with Crippen LogP contribution in [0.1, 0.15) is 17.1 Å². The zero-order valence-corrected chi connectivity index (χ0v) is 9.58. The molecule has 0 aliphatic heterocycles. The number of carboxylic acids is 1. The first-order valence-electron chi connectivity index (χ1n) is 4.99. The number of rotatable bonds is 4. The van der Waals surface area contributed by atoms with Crippen molar-refractivity contribution < 1.29 is 14.7 Å². The van der Waals surface area contributed by atoms with Gasteiger partial charge in [-0.2, -0.15) is 0 Å². The molecule has 2 N–H and O–H groups in total. The lowest BCUT2D eigenvalue weighted by atomic mass is 10.3. The van der Waals surface area contributed by atoms with E-state index in [1.165, 1.54) is 11.3 Å². The van der Waals surface area contributed by atoms with Crippen molar-refractivity contribution in [1.82, 2.24) is 10.3 Å². The summed E-state index contributed by atoms with van der Waals surface area (Å²) in [5.74, 6) is -1.90. The third-order valence-corrected chi connectivity index (χ3v) is 3.49. The molecule has 1 saturated carbocycles. The molecule has 2 atom stereocenters. The van der Waals surface area contributed by atoms with E-state index in [0.29, 0.717) is 13.0 Å². The minimum Gasteiger partial charge on any atom is -0.481 e. The molecular weight excluding hydrogens is 228 g/mol. The maximum Gasteiger partial charge on any atom is 0.307 e. The molecule has 0 bridgehead atoms. The zero-order valence-electron chi connectivity index (χ0n) is 8.77. The Morgan fingerprint density at radius 1 is 1.62 bits per heavy atom. The van der Waals surface area contributed by atoms with Crippen molar-refractivity contribution in [2.45, 2.75) is 19.9 Å². The Morgan fingerprint density at radius 2 is 2.38 bits per heavy atom. The van der Waals surface area contributed by atoms with Gasteiger partial charge in [-0.05, 0) is 13.3 Å². The number of thiazole rings is 1. The Morgan fingerprint density at radius 3 is 2.88 bits per heavy atom. The molecule has 1 amide bonds. The molecule has 6 heteroatoms. The molecule has 0 radical (unpaired) electrons. The summed E-state index contributed by atoms with van der Waals surface area (Å²) in [5, 5.41) is 14.1. The van der Waals surface area contributed by atoms with E-state index in [0.717, 1.165) is 10.7 Å². The number of amides is 1. The summed E-state index contributed by atoms with van der Waals surface area (Å²) in [6, 6.07) is 0. The highest BCUT2D eigenvalue weighted by atomic mass is 32.1. The molecular formula is C10H12N2O3S. The van der Waals surface area contributed by atoms with Crippen molar-refractivity contribution in [3.05, 3.63) is 16.1 Å². The molecule has 2 rings (SSSR count). The number of nitrogens with zero attached hydrogens (tertiary/aromatic N) is 1. The molecule has 1 aromatic heterocycles. The van der Waals surface area contributed by atoms with Gasteiger partial charge in [0, 0.05) is 11.1 Å². The Kier molecular flexibility index (Phi) is 2.91. The molecule has 0 saturated heterocycles. The van der Waals surface area contributed by atoms with E-state index in [9.17, 15) is 9.59 Å². The summed E-state index contributed by atoms with van der Waals surface area (Å²) >= 11 is 1.49. The van der Waals surface area contributed by atoms with E-state index in [1.807, 2.05) is 12.3 Å². The normalized spacial score (nSPS) is 22.8. The van der Waals surface area contributed by atoms with Crippen molar-refractivity contribution in [2.75, 3.05) is 0 Å². The predicted molar refractivity (Wildman–Crippen MR) is 57.9 cm³/mol. The fourth-order valence-corrected chi connectivity index (χ4v) is 2.25. The standard InChI is InChI=1S/C10H12N2O3S/c1-5-4-16-8(12-5)3-11-9(13)6-2-7(6)10(14)15/h4,6-7H,2-3H2,1H3,(H,11,13)(H,14,15)/t6-,7+/m1/s1. The van der Waals surface area contributed by atoms with E-state index >= 15 is 0 Å². The molecule has 1 heterocycles. The number of hydrogen-bond donors (Lipinski definition) is 2. The third-order valence-electron chi connectivity index (χ3n) is 2.52. The summed E-state index contributed by atoms with van der Waals surface area (Å²) in [4.78, 5) is 26.3. The Labute approximate surface area is 96.5 Å². The van der Waals surface area contributed by atoms with Crippen LogP contribution in [0.15, 0.2) is 5.38 Å². The van der Waals surface area contributed by atoms with Crippen LogP contribution in [0.2, 0.25) is 0 Å². The first kappa shape index (κ1) is 11.1. The number of hydrogen-bond acceptors (Lipinski definition) is 4. The SMILES string of the molecule is Cc1csc(CNC(=O)[C@@H]2C[C@@H]2C(=O)O)n1. The van der Waals surface area contributed by atoms with Gasteiger partial charge in [-0.1, -0.05) is 0 Å². The predicted octanol–water partition coefficient (Wildman–Crippen LogP) is 0.788. The van der Waals surface area contributed by atoms with Crippen LogP contribution in [-0.4, -0.2) is 22.0 Å². The Hall–Kier alpha value is -1.43. The quantitative estimate of drug-likeness (QED) is 0.815. The van der Waals surface area contributed by atoms with Crippen LogP contribution in [0.5, 0.6) is 0 Å². The van der Waals surface area contributed by atoms with Crippen molar-refractivity contribution in [1.29, 1.82) is 0 Å². The van der Waals surface area contributed by atoms with Crippen LogP contribution in [0.4, 0.5) is 0 Å². The minimum atomic E-state index is -0.884. The average molecular weight is 240 g/mol. The van der Waals surface area contributed by atoms with Gasteiger partial charge in [0.1, 0.15) is 5.01 Å². The van der Waals surface area contributed by atoms with Gasteiger partial charge >= 0.3 is 5.97 Å². The lowest BCUT2D eigenvalue weighted by Gasteiger charge is -2.00. The molecule has 86 valence electrons. The lowest BCUT2D eigenvalue weighted by molar-refractivity contribution is -0.140. The van der Waals surface area contributed by atoms with Gasteiger partial charge in [0.15, 0.2) is 0 Å². The average Bonchev–Trinajstić information content (AvgIpc) is 2.93. The molecule has 1 aliphatic rings. The molecule has 1 aliphatic carbocycles. The molecule has 1 aromatic rings. The first-order chi connectivity index (χ1) is 7.58. The molecule has 0 unspecified atom stereocenters. The monoisotopic (exact) mass is 240 g/mol. The highest BCUT2D eigenvalue weighted by Crippen LogP contribution is 2.38. The van der Waals surface area contributed by atoms with Crippen molar-refractivity contribution >= 4 is 23.2 Å². The molecule has 5 nitrogen and oxygen atoms in total. The smallest absolute Gasteiger partial charge is 0.307 e. The second-order valence-corrected chi connectivity index (χ2v) is 4.83. The number of carbonyl (C=O) groups is 2. The number of carboxylic acid groups (broad SMARTS) is 1. The summed E-state index contributed by atoms with van der Waals surface area (Å²) in [7, 11) is 0. The highest BCUT2D eigenvalue weighted by Gasteiger charge is 2.48. The number of aromatic nitrogens is 1. The van der Waals surface area contributed by atoms with Gasteiger partial charge in [-0.15, -0.1) is 11.3 Å². The van der Waals surface area contributed by atoms with Crippen LogP contribution >= 0.6 is 11.3 Å². The van der Waals surface area contributed by atoms with Crippen LogP contribution < -0.4 is 5.32 Å². The van der Waals surface area contributed by atoms with Crippen LogP contribution in [0, 0.1) is 18.8 Å². The zero-order chi connectivity index (χ0) is 11.7. The second kappa shape index (κ2) is 4.21. The van der Waals surface area contributed by atoms with Crippen molar-refractivity contribution in [3.8, 4) is 0 Å². The fraction of sp³-hybridized carbons (Fsp3) is 0.500. The van der Waals surface area contributed by atoms with Gasteiger partial charge in [0.05, 0.1) is 18.4 Å². The van der Waals surface area contributed by atoms with Crippen molar-refractivity contribution in [3.63, 3.8) is 0 Å². The van der Waals surface area contributed by atoms with Gasteiger partial charge < -0.3 is 10.4 Å². The number of carbonyl (C=O) groups excluding carboxylic acids is 1. The molecule has 0 spiro atoms. The number of aliphatic carboxylic acids is 1. The Balaban J connectivity index is 1.79. The van der Waals surface area contributed by atoms with Gasteiger partial charge in [0.2, 0.25) is 5.91 Å². The maximum atomic E-state index is 11.5. The lowest BCUT2D eigenvalue weighted by Crippen LogP contribution is -2.25. The summed E-state index contributed by atoms with van der Waals surface area (Å²) < 4.78 is 0. The molecule has 16 heavy (non-hydrogen) atoms. The number of nitrogens with one attached hydrogen (secondary N) is 1. The van der Waals surface area contributed by atoms with E-state index in [2.05, 4.69) is 10.3 Å². The minimum absolute atomic E-state index is 0.180. The largest absolute Gasteiger partial charge is 0.481 e. The fourth-order valence-electron chi connectivity index (χ4n) is 1.54. The van der Waals surface area contributed by atoms with Gasteiger partial charge in [-0.25, -0.2) is 4.98 Å². The summed E-state index contributed by atoms with van der Waals surface area (Å²) in [6.45, 7) is 2.28. The summed E-state index contributed by atoms with van der Waals surface area (Å²) in [5.41, 5.74) is 0.934. The first-order valence-corrected chi connectivity index (χ1v) is 5.87. The second-order valence-electron chi connectivity index (χ2n) is 3.89. The highest BCUT2D eigenvalue weighted by molar-refractivity contribution is 7.09. The van der Waals surface area contributed by atoms with Crippen LogP contribution in [0.3, 0.4) is 0 Å². The van der Waals surface area contributed by atoms with Gasteiger partial charge in [-0.3, -0.25) is 9.59 Å². The molecule has 0 aromatic carbocycles. The molecule has 1 fully saturated rings. The van der Waals surface area contributed by atoms with Crippen molar-refractivity contribution in [2.24, 2.45) is 11.8 Å². The van der Waals surface area contributed by atoms with Gasteiger partial charge in [0.25, 0.3) is 0 Å². The van der Waals surface area contributed by atoms with E-state index in [1.54, 1.807) is 0 Å². The topological polar surface area (TPSA) is 79.3 Å². The number of aryl methyl sites for hydroxylation is 1.